The summed E-state index contributed by atoms with van der Waals surface area (Å²) < 4.78 is 99.7. The zero-order chi connectivity index (χ0) is 28.6. The lowest BCUT2D eigenvalue weighted by Crippen LogP contribution is -2.23. The molecule has 4 aromatic rings. The zero-order valence-electron chi connectivity index (χ0n) is 21.3. The molecule has 0 amide bonds. The highest BCUT2D eigenvalue weighted by Crippen LogP contribution is 2.37. The highest BCUT2D eigenvalue weighted by atomic mass is 19.3. The van der Waals surface area contributed by atoms with Crippen molar-refractivity contribution >= 4 is 11.9 Å². The topological polar surface area (TPSA) is 21.5 Å². The molecule has 0 atom stereocenters. The van der Waals surface area contributed by atoms with Gasteiger partial charge in [-0.15, -0.1) is 0 Å². The van der Waals surface area contributed by atoms with E-state index in [1.54, 1.807) is 23.9 Å². The third-order valence-corrected chi connectivity index (χ3v) is 6.26. The first-order valence-corrected chi connectivity index (χ1v) is 12.3. The van der Waals surface area contributed by atoms with Crippen LogP contribution in [0.25, 0.3) is 22.3 Å². The Morgan fingerprint density at radius 2 is 1.35 bits per heavy atom. The second-order valence-electron chi connectivity index (χ2n) is 9.11. The van der Waals surface area contributed by atoms with Crippen LogP contribution in [0.2, 0.25) is 0 Å². The van der Waals surface area contributed by atoms with E-state index in [-0.39, 0.29) is 34.6 Å². The van der Waals surface area contributed by atoms with E-state index in [9.17, 15) is 26.3 Å². The molecule has 0 bridgehead atoms. The zero-order valence-corrected chi connectivity index (χ0v) is 21.3. The number of ether oxygens (including phenoxy) is 2. The van der Waals surface area contributed by atoms with E-state index >= 15 is 0 Å². The molecule has 0 unspecified atom stereocenters. The Bertz CT molecular complexity index is 1680. The Morgan fingerprint density at radius 1 is 0.725 bits per heavy atom. The van der Waals surface area contributed by atoms with Crippen molar-refractivity contribution in [2.75, 3.05) is 6.61 Å². The predicted molar refractivity (Wildman–Crippen MR) is 139 cm³/mol. The number of allylic oxidation sites excluding steroid dienone is 1. The molecule has 0 fully saturated rings. The van der Waals surface area contributed by atoms with E-state index in [4.69, 9.17) is 4.74 Å². The van der Waals surface area contributed by atoms with Crippen molar-refractivity contribution in [1.29, 1.82) is 0 Å². The molecule has 0 spiro atoms. The molecule has 4 aromatic carbocycles. The number of hydrogen-bond acceptors (Lipinski definition) is 2. The summed E-state index contributed by atoms with van der Waals surface area (Å²) in [6.45, 7) is 3.82. The summed E-state index contributed by atoms with van der Waals surface area (Å²) in [7, 11) is 0. The maximum absolute atomic E-state index is 14.9. The van der Waals surface area contributed by atoms with Crippen molar-refractivity contribution in [3.8, 4) is 33.8 Å². The highest BCUT2D eigenvalue weighted by Gasteiger charge is 2.38. The lowest BCUT2D eigenvalue weighted by Gasteiger charge is -2.19. The summed E-state index contributed by atoms with van der Waals surface area (Å²) in [4.78, 5) is 0. The van der Waals surface area contributed by atoms with E-state index < -0.39 is 40.7 Å². The van der Waals surface area contributed by atoms with Gasteiger partial charge in [0.1, 0.15) is 28.8 Å². The molecule has 0 N–H and O–H groups in total. The molecule has 1 aliphatic heterocycles. The quantitative estimate of drug-likeness (QED) is 0.160. The van der Waals surface area contributed by atoms with Gasteiger partial charge in [-0.05, 0) is 61.4 Å². The Balaban J connectivity index is 1.35. The molecule has 3 nitrogen and oxygen atoms in total. The minimum absolute atomic E-state index is 0.0378. The Kier molecular flexibility index (Phi) is 7.14. The van der Waals surface area contributed by atoms with Gasteiger partial charge in [0.25, 0.3) is 0 Å². The molecule has 1 aliphatic rings. The first-order chi connectivity index (χ1) is 19.1. The van der Waals surface area contributed by atoms with E-state index in [1.165, 1.54) is 30.3 Å². The minimum atomic E-state index is -4.10. The first kappa shape index (κ1) is 27.1. The van der Waals surface area contributed by atoms with Gasteiger partial charge < -0.3 is 9.47 Å². The Hall–Kier alpha value is -4.53. The normalized spacial score (nSPS) is 12.9. The summed E-state index contributed by atoms with van der Waals surface area (Å²) >= 11 is 0. The minimum Gasteiger partial charge on any atom is -0.491 e. The fourth-order valence-electron chi connectivity index (χ4n) is 4.33. The largest absolute Gasteiger partial charge is 0.491 e. The molecule has 1 heterocycles. The average molecular weight is 555 g/mol. The molecule has 0 aromatic heterocycles. The monoisotopic (exact) mass is 554 g/mol. The number of halogens is 6. The van der Waals surface area contributed by atoms with Crippen LogP contribution in [-0.4, -0.2) is 17.4 Å². The van der Waals surface area contributed by atoms with Crippen molar-refractivity contribution in [2.45, 2.75) is 20.0 Å². The first-order valence-electron chi connectivity index (χ1n) is 12.3. The van der Waals surface area contributed by atoms with Gasteiger partial charge in [-0.2, -0.15) is 13.4 Å². The van der Waals surface area contributed by atoms with Crippen LogP contribution in [0.15, 0.2) is 84.6 Å². The molecular weight excluding hydrogens is 532 g/mol. The second-order valence-corrected chi connectivity index (χ2v) is 9.11. The number of nitrogens with zero attached hydrogens (tertiary/aromatic N) is 1. The summed E-state index contributed by atoms with van der Waals surface area (Å²) in [6, 6.07) is 14.0. The molecule has 0 radical (unpaired) electrons. The fraction of sp³-hybridized carbons (Fsp3) is 0.129. The van der Waals surface area contributed by atoms with Crippen molar-refractivity contribution in [2.24, 2.45) is 0 Å². The van der Waals surface area contributed by atoms with Crippen molar-refractivity contribution in [1.82, 2.24) is 0 Å². The van der Waals surface area contributed by atoms with Gasteiger partial charge in [0.15, 0.2) is 24.0 Å². The Labute approximate surface area is 226 Å². The fourth-order valence-corrected chi connectivity index (χ4v) is 4.33. The van der Waals surface area contributed by atoms with Crippen molar-refractivity contribution < 1.29 is 40.4 Å². The van der Waals surface area contributed by atoms with Crippen molar-refractivity contribution in [3.05, 3.63) is 113 Å². The van der Waals surface area contributed by atoms with Gasteiger partial charge >= 0.3 is 6.11 Å². The van der Waals surface area contributed by atoms with E-state index in [2.05, 4.69) is 4.74 Å². The summed E-state index contributed by atoms with van der Waals surface area (Å²) in [5.41, 5.74) is 0.684. The van der Waals surface area contributed by atoms with Gasteiger partial charge in [0.2, 0.25) is 5.69 Å². The predicted octanol–water partition coefficient (Wildman–Crippen LogP) is 8.74. The van der Waals surface area contributed by atoms with Crippen LogP contribution < -0.4 is 9.47 Å². The van der Waals surface area contributed by atoms with Gasteiger partial charge in [0, 0.05) is 29.3 Å². The van der Waals surface area contributed by atoms with E-state index in [0.29, 0.717) is 11.8 Å². The summed E-state index contributed by atoms with van der Waals surface area (Å²) in [6.07, 6.45) is -0.665. The van der Waals surface area contributed by atoms with Crippen LogP contribution in [0, 0.1) is 23.3 Å². The molecule has 204 valence electrons. The maximum atomic E-state index is 14.9. The molecular formula is C31H22F6NO2+. The highest BCUT2D eigenvalue weighted by molar-refractivity contribution is 5.78. The third kappa shape index (κ3) is 5.32. The molecule has 9 heteroatoms. The van der Waals surface area contributed by atoms with E-state index in [1.807, 2.05) is 6.92 Å². The van der Waals surface area contributed by atoms with Crippen LogP contribution in [0.3, 0.4) is 0 Å². The lowest BCUT2D eigenvalue weighted by atomic mass is 9.99. The van der Waals surface area contributed by atoms with E-state index in [0.717, 1.165) is 42.0 Å². The number of rotatable bonds is 8. The lowest BCUT2D eigenvalue weighted by molar-refractivity contribution is -0.367. The van der Waals surface area contributed by atoms with Crippen LogP contribution in [0.1, 0.15) is 19.4 Å². The van der Waals surface area contributed by atoms with Gasteiger partial charge in [0.05, 0.1) is 12.2 Å². The second kappa shape index (κ2) is 10.6. The molecule has 0 saturated heterocycles. The average Bonchev–Trinajstić information content (AvgIpc) is 2.88. The maximum Gasteiger partial charge on any atom is 0.429 e. The number of hydrogen-bond donors (Lipinski definition) is 0. The number of benzene rings is 4. The van der Waals surface area contributed by atoms with Crippen LogP contribution in [0.5, 0.6) is 11.5 Å². The van der Waals surface area contributed by atoms with Gasteiger partial charge in [-0.3, -0.25) is 0 Å². The van der Waals surface area contributed by atoms with Crippen molar-refractivity contribution in [3.63, 3.8) is 0 Å². The molecule has 40 heavy (non-hydrogen) atoms. The summed E-state index contributed by atoms with van der Waals surface area (Å²) in [5, 5.41) is 0. The Morgan fingerprint density at radius 3 is 1.93 bits per heavy atom. The van der Waals surface area contributed by atoms with Gasteiger partial charge in [-0.25, -0.2) is 17.6 Å². The van der Waals surface area contributed by atoms with Crippen LogP contribution >= 0.6 is 0 Å². The van der Waals surface area contributed by atoms with Gasteiger partial charge in [-0.1, -0.05) is 18.2 Å². The summed E-state index contributed by atoms with van der Waals surface area (Å²) in [5.74, 6) is -4.05. The molecule has 0 aliphatic carbocycles. The van der Waals surface area contributed by atoms with Crippen LogP contribution in [-0.2, 0) is 6.11 Å². The standard InChI is InChI=1S/C31H22F6NO2/c1-3-39-30-11-5-20(13-29(30)35)23-8-4-19(12-26(23)32)24-9-7-22(15-27(24)33)40-31(36,37)25-10-6-21(14-28(25)34)38-16-18(2)17-38/h4-17H,3H2,1-2H3/q+1. The molecule has 0 saturated carbocycles. The van der Waals surface area contributed by atoms with Crippen LogP contribution in [0.4, 0.5) is 32.0 Å². The smallest absolute Gasteiger partial charge is 0.429 e. The molecule has 5 rings (SSSR count). The number of alkyl halides is 2. The SMILES string of the molecule is CCOc1ccc(-c2ccc(-c3ccc(OC(F)(F)c4ccc([N+]5=CC(C)=C5)cc4F)cc3F)cc2F)cc1F. The third-order valence-electron chi connectivity index (χ3n) is 6.26.